The zero-order valence-corrected chi connectivity index (χ0v) is 12.8. The predicted molar refractivity (Wildman–Crippen MR) is 80.0 cm³/mol. The largest absolute Gasteiger partial charge is 0.480 e. The third kappa shape index (κ3) is 5.71. The van der Waals surface area contributed by atoms with Crippen molar-refractivity contribution in [3.63, 3.8) is 0 Å². The van der Waals surface area contributed by atoms with Crippen molar-refractivity contribution in [1.29, 1.82) is 0 Å². The third-order valence-electron chi connectivity index (χ3n) is 3.03. The number of carboxylic acid groups (broad SMARTS) is 1. The van der Waals surface area contributed by atoms with Crippen LogP contribution in [0.4, 0.5) is 0 Å². The quantitative estimate of drug-likeness (QED) is 0.726. The molecule has 0 aliphatic heterocycles. The number of rotatable bonds is 9. The van der Waals surface area contributed by atoms with Gasteiger partial charge < -0.3 is 10.4 Å². The molecule has 20 heavy (non-hydrogen) atoms. The molecule has 112 valence electrons. The molecule has 0 fully saturated rings. The van der Waals surface area contributed by atoms with Gasteiger partial charge >= 0.3 is 5.97 Å². The standard InChI is InChI=1S/C14H22N2O3S/c1-3-8-16(10-13(17)18)11(2)14(19)15-7-6-12-5-4-9-20-12/h4-5,9,11H,3,6-8,10H2,1-2H3,(H,15,19)(H,17,18). The minimum atomic E-state index is -0.906. The van der Waals surface area contributed by atoms with Crippen molar-refractivity contribution < 1.29 is 14.7 Å². The fraction of sp³-hybridized carbons (Fsp3) is 0.571. The highest BCUT2D eigenvalue weighted by atomic mass is 32.1. The highest BCUT2D eigenvalue weighted by Crippen LogP contribution is 2.08. The summed E-state index contributed by atoms with van der Waals surface area (Å²) in [6, 6.07) is 3.60. The molecule has 6 heteroatoms. The van der Waals surface area contributed by atoms with Crippen LogP contribution in [0, 0.1) is 0 Å². The van der Waals surface area contributed by atoms with Crippen LogP contribution < -0.4 is 5.32 Å². The fourth-order valence-corrected chi connectivity index (χ4v) is 2.66. The first-order valence-corrected chi connectivity index (χ1v) is 7.68. The van der Waals surface area contributed by atoms with E-state index in [1.807, 2.05) is 24.4 Å². The summed E-state index contributed by atoms with van der Waals surface area (Å²) in [5, 5.41) is 13.7. The molecule has 1 unspecified atom stereocenters. The van der Waals surface area contributed by atoms with Gasteiger partial charge in [0.2, 0.25) is 5.91 Å². The Balaban J connectivity index is 2.40. The molecule has 1 heterocycles. The Morgan fingerprint density at radius 1 is 1.50 bits per heavy atom. The van der Waals surface area contributed by atoms with E-state index in [-0.39, 0.29) is 12.5 Å². The molecule has 0 radical (unpaired) electrons. The number of hydrogen-bond acceptors (Lipinski definition) is 4. The topological polar surface area (TPSA) is 69.6 Å². The lowest BCUT2D eigenvalue weighted by atomic mass is 10.2. The van der Waals surface area contributed by atoms with Crippen molar-refractivity contribution in [2.45, 2.75) is 32.7 Å². The van der Waals surface area contributed by atoms with Gasteiger partial charge in [-0.2, -0.15) is 0 Å². The van der Waals surface area contributed by atoms with Gasteiger partial charge in [0.1, 0.15) is 0 Å². The van der Waals surface area contributed by atoms with Crippen LogP contribution in [0.3, 0.4) is 0 Å². The van der Waals surface area contributed by atoms with Crippen molar-refractivity contribution >= 4 is 23.2 Å². The number of nitrogens with zero attached hydrogens (tertiary/aromatic N) is 1. The van der Waals surface area contributed by atoms with Crippen LogP contribution in [0.5, 0.6) is 0 Å². The van der Waals surface area contributed by atoms with Crippen molar-refractivity contribution in [1.82, 2.24) is 10.2 Å². The highest BCUT2D eigenvalue weighted by molar-refractivity contribution is 7.09. The van der Waals surface area contributed by atoms with E-state index in [1.165, 1.54) is 4.88 Å². The lowest BCUT2D eigenvalue weighted by molar-refractivity contribution is -0.139. The maximum absolute atomic E-state index is 12.0. The summed E-state index contributed by atoms with van der Waals surface area (Å²) in [4.78, 5) is 25.7. The lowest BCUT2D eigenvalue weighted by Crippen LogP contribution is -2.47. The summed E-state index contributed by atoms with van der Waals surface area (Å²) in [5.41, 5.74) is 0. The molecule has 0 bridgehead atoms. The van der Waals surface area contributed by atoms with E-state index >= 15 is 0 Å². The molecule has 0 saturated carbocycles. The van der Waals surface area contributed by atoms with Crippen molar-refractivity contribution in [2.24, 2.45) is 0 Å². The summed E-state index contributed by atoms with van der Waals surface area (Å²) in [5.74, 6) is -1.02. The van der Waals surface area contributed by atoms with Gasteiger partial charge in [-0.05, 0) is 37.8 Å². The number of carbonyl (C=O) groups is 2. The Kier molecular flexibility index (Phi) is 7.25. The average molecular weight is 298 g/mol. The van der Waals surface area contributed by atoms with Crippen molar-refractivity contribution in [3.8, 4) is 0 Å². The minimum absolute atomic E-state index is 0.104. The van der Waals surface area contributed by atoms with Crippen molar-refractivity contribution in [2.75, 3.05) is 19.6 Å². The number of amides is 1. The van der Waals surface area contributed by atoms with Gasteiger partial charge in [-0.25, -0.2) is 0 Å². The molecule has 0 aliphatic carbocycles. The van der Waals surface area contributed by atoms with Gasteiger partial charge in [0.05, 0.1) is 12.6 Å². The van der Waals surface area contributed by atoms with Gasteiger partial charge in [0.15, 0.2) is 0 Å². The SMILES string of the molecule is CCCN(CC(=O)O)C(C)C(=O)NCCc1cccs1. The second-order valence-corrected chi connectivity index (χ2v) is 5.69. The van der Waals surface area contributed by atoms with Gasteiger partial charge in [0.25, 0.3) is 0 Å². The zero-order valence-electron chi connectivity index (χ0n) is 12.0. The van der Waals surface area contributed by atoms with E-state index in [0.29, 0.717) is 13.1 Å². The Hall–Kier alpha value is -1.40. The first kappa shape index (κ1) is 16.7. The van der Waals surface area contributed by atoms with E-state index in [1.54, 1.807) is 23.2 Å². The maximum Gasteiger partial charge on any atom is 0.317 e. The normalized spacial score (nSPS) is 12.3. The van der Waals surface area contributed by atoms with Crippen LogP contribution in [0.2, 0.25) is 0 Å². The minimum Gasteiger partial charge on any atom is -0.480 e. The van der Waals surface area contributed by atoms with E-state index < -0.39 is 12.0 Å². The molecule has 0 saturated heterocycles. The Morgan fingerprint density at radius 2 is 2.25 bits per heavy atom. The molecular formula is C14H22N2O3S. The molecule has 0 aromatic carbocycles. The van der Waals surface area contributed by atoms with Gasteiger partial charge in [-0.3, -0.25) is 14.5 Å². The highest BCUT2D eigenvalue weighted by Gasteiger charge is 2.22. The number of nitrogens with one attached hydrogen (secondary N) is 1. The first-order chi connectivity index (χ1) is 9.54. The lowest BCUT2D eigenvalue weighted by Gasteiger charge is -2.26. The second kappa shape index (κ2) is 8.71. The van der Waals surface area contributed by atoms with Crippen LogP contribution in [0.25, 0.3) is 0 Å². The summed E-state index contributed by atoms with van der Waals surface area (Å²) in [7, 11) is 0. The van der Waals surface area contributed by atoms with E-state index in [2.05, 4.69) is 5.32 Å². The van der Waals surface area contributed by atoms with Gasteiger partial charge in [0, 0.05) is 11.4 Å². The van der Waals surface area contributed by atoms with E-state index in [9.17, 15) is 9.59 Å². The first-order valence-electron chi connectivity index (χ1n) is 6.80. The number of carboxylic acids is 1. The van der Waals surface area contributed by atoms with Gasteiger partial charge in [-0.1, -0.05) is 13.0 Å². The van der Waals surface area contributed by atoms with Crippen molar-refractivity contribution in [3.05, 3.63) is 22.4 Å². The van der Waals surface area contributed by atoms with Crippen LogP contribution >= 0.6 is 11.3 Å². The molecule has 0 aliphatic rings. The zero-order chi connectivity index (χ0) is 15.0. The smallest absolute Gasteiger partial charge is 0.317 e. The van der Waals surface area contributed by atoms with Crippen LogP contribution in [0.15, 0.2) is 17.5 Å². The van der Waals surface area contributed by atoms with E-state index in [0.717, 1.165) is 12.8 Å². The van der Waals surface area contributed by atoms with E-state index in [4.69, 9.17) is 5.11 Å². The van der Waals surface area contributed by atoms with Crippen LogP contribution in [-0.4, -0.2) is 47.6 Å². The molecule has 1 amide bonds. The molecule has 0 spiro atoms. The molecular weight excluding hydrogens is 276 g/mol. The number of aliphatic carboxylic acids is 1. The Labute approximate surface area is 123 Å². The number of thiophene rings is 1. The number of carbonyl (C=O) groups excluding carboxylic acids is 1. The number of hydrogen-bond donors (Lipinski definition) is 2. The Morgan fingerprint density at radius 3 is 2.80 bits per heavy atom. The summed E-state index contributed by atoms with van der Waals surface area (Å²) < 4.78 is 0. The molecule has 1 aromatic rings. The van der Waals surface area contributed by atoms with Gasteiger partial charge in [-0.15, -0.1) is 11.3 Å². The average Bonchev–Trinajstić information content (AvgIpc) is 2.90. The molecule has 2 N–H and O–H groups in total. The fourth-order valence-electron chi connectivity index (χ4n) is 1.95. The summed E-state index contributed by atoms with van der Waals surface area (Å²) >= 11 is 1.67. The predicted octanol–water partition coefficient (Wildman–Crippen LogP) is 1.59. The molecule has 5 nitrogen and oxygen atoms in total. The van der Waals surface area contributed by atoms with Crippen LogP contribution in [-0.2, 0) is 16.0 Å². The molecule has 1 aromatic heterocycles. The maximum atomic E-state index is 12.0. The summed E-state index contributed by atoms with van der Waals surface area (Å²) in [6.07, 6.45) is 1.63. The molecule has 1 rings (SSSR count). The summed E-state index contributed by atoms with van der Waals surface area (Å²) in [6.45, 7) is 4.80. The molecule has 1 atom stereocenters. The monoisotopic (exact) mass is 298 g/mol. The van der Waals surface area contributed by atoms with Crippen LogP contribution in [0.1, 0.15) is 25.1 Å². The second-order valence-electron chi connectivity index (χ2n) is 4.66. The third-order valence-corrected chi connectivity index (χ3v) is 3.96. The Bertz CT molecular complexity index is 420.